The number of nitrogens with one attached hydrogen (secondary N) is 2. The fourth-order valence-electron chi connectivity index (χ4n) is 4.13. The van der Waals surface area contributed by atoms with E-state index < -0.39 is 0 Å². The second-order valence-corrected chi connectivity index (χ2v) is 7.84. The Morgan fingerprint density at radius 2 is 2.03 bits per heavy atom. The Labute approximate surface area is 181 Å². The molecule has 0 aliphatic carbocycles. The zero-order valence-electron chi connectivity index (χ0n) is 17.2. The molecule has 6 nitrogen and oxygen atoms in total. The van der Waals surface area contributed by atoms with E-state index in [9.17, 15) is 4.79 Å². The predicted molar refractivity (Wildman–Crippen MR) is 118 cm³/mol. The molecule has 0 saturated heterocycles. The van der Waals surface area contributed by atoms with E-state index in [-0.39, 0.29) is 12.1 Å². The monoisotopic (exact) mass is 427 g/mol. The molecule has 0 spiro atoms. The lowest BCUT2D eigenvalue weighted by atomic mass is 9.92. The second kappa shape index (κ2) is 8.98. The summed E-state index contributed by atoms with van der Waals surface area (Å²) in [5, 5.41) is 4.86. The van der Waals surface area contributed by atoms with Gasteiger partial charge in [0.1, 0.15) is 5.75 Å². The van der Waals surface area contributed by atoms with E-state index in [4.69, 9.17) is 21.1 Å². The summed E-state index contributed by atoms with van der Waals surface area (Å²) in [5.41, 5.74) is 4.32. The Kier molecular flexibility index (Phi) is 6.16. The molecular weight excluding hydrogens is 402 g/mol. The molecule has 30 heavy (non-hydrogen) atoms. The maximum absolute atomic E-state index is 13.1. The molecule has 1 aliphatic heterocycles. The van der Waals surface area contributed by atoms with Gasteiger partial charge in [-0.05, 0) is 54.3 Å². The van der Waals surface area contributed by atoms with Crippen molar-refractivity contribution in [2.75, 3.05) is 33.9 Å². The lowest BCUT2D eigenvalue weighted by molar-refractivity contribution is 0.173. The van der Waals surface area contributed by atoms with E-state index in [1.165, 1.54) is 5.56 Å². The number of rotatable bonds is 6. The SMILES string of the molecule is COCCCNC(=O)N1CCc2c([nH]c3ccc(Cl)cc23)[C@@H]1c1ccc(OC)cc1. The summed E-state index contributed by atoms with van der Waals surface area (Å²) >= 11 is 6.25. The lowest BCUT2D eigenvalue weighted by Gasteiger charge is -2.36. The summed E-state index contributed by atoms with van der Waals surface area (Å²) < 4.78 is 10.4. The van der Waals surface area contributed by atoms with Crippen molar-refractivity contribution in [3.05, 3.63) is 64.3 Å². The number of urea groups is 1. The largest absolute Gasteiger partial charge is 0.497 e. The number of methoxy groups -OCH3 is 2. The highest BCUT2D eigenvalue weighted by Crippen LogP contribution is 2.39. The average molecular weight is 428 g/mol. The van der Waals surface area contributed by atoms with Crippen molar-refractivity contribution in [2.24, 2.45) is 0 Å². The number of carbonyl (C=O) groups excluding carboxylic acids is 1. The molecule has 0 radical (unpaired) electrons. The van der Waals surface area contributed by atoms with E-state index >= 15 is 0 Å². The van der Waals surface area contributed by atoms with Gasteiger partial charge in [0.25, 0.3) is 0 Å². The molecule has 1 atom stereocenters. The molecular formula is C23H26ClN3O3. The molecule has 2 amide bonds. The lowest BCUT2D eigenvalue weighted by Crippen LogP contribution is -2.46. The molecule has 2 aromatic carbocycles. The van der Waals surface area contributed by atoms with Crippen molar-refractivity contribution in [3.8, 4) is 5.75 Å². The summed E-state index contributed by atoms with van der Waals surface area (Å²) in [5.74, 6) is 0.786. The van der Waals surface area contributed by atoms with Crippen LogP contribution in [0.5, 0.6) is 5.75 Å². The van der Waals surface area contributed by atoms with Crippen LogP contribution in [-0.2, 0) is 11.2 Å². The van der Waals surface area contributed by atoms with Gasteiger partial charge in [-0.1, -0.05) is 23.7 Å². The van der Waals surface area contributed by atoms with Gasteiger partial charge < -0.3 is 24.7 Å². The minimum Gasteiger partial charge on any atom is -0.497 e. The third kappa shape index (κ3) is 3.98. The van der Waals surface area contributed by atoms with Gasteiger partial charge in [0.2, 0.25) is 0 Å². The maximum Gasteiger partial charge on any atom is 0.318 e. The number of nitrogens with zero attached hydrogens (tertiary/aromatic N) is 1. The molecule has 2 heterocycles. The first-order valence-electron chi connectivity index (χ1n) is 10.1. The molecule has 1 aliphatic rings. The summed E-state index contributed by atoms with van der Waals surface area (Å²) in [6.07, 6.45) is 1.55. The van der Waals surface area contributed by atoms with Gasteiger partial charge in [-0.25, -0.2) is 4.79 Å². The minimum atomic E-state index is -0.215. The quantitative estimate of drug-likeness (QED) is 0.568. The van der Waals surface area contributed by atoms with E-state index in [2.05, 4.69) is 10.3 Å². The number of hydrogen-bond acceptors (Lipinski definition) is 3. The van der Waals surface area contributed by atoms with Crippen LogP contribution in [-0.4, -0.2) is 49.8 Å². The first-order chi connectivity index (χ1) is 14.6. The van der Waals surface area contributed by atoms with Crippen LogP contribution in [0.2, 0.25) is 5.02 Å². The second-order valence-electron chi connectivity index (χ2n) is 7.40. The Hall–Kier alpha value is -2.70. The number of carbonyl (C=O) groups is 1. The van der Waals surface area contributed by atoms with Crippen LogP contribution < -0.4 is 10.1 Å². The van der Waals surface area contributed by atoms with Crippen molar-refractivity contribution in [3.63, 3.8) is 0 Å². The van der Waals surface area contributed by atoms with Crippen LogP contribution in [0, 0.1) is 0 Å². The van der Waals surface area contributed by atoms with Gasteiger partial charge in [-0.15, -0.1) is 0 Å². The first-order valence-corrected chi connectivity index (χ1v) is 10.5. The van der Waals surface area contributed by atoms with E-state index in [0.717, 1.165) is 40.8 Å². The smallest absolute Gasteiger partial charge is 0.318 e. The molecule has 158 valence electrons. The molecule has 2 N–H and O–H groups in total. The van der Waals surface area contributed by atoms with Crippen LogP contribution in [0.3, 0.4) is 0 Å². The summed E-state index contributed by atoms with van der Waals surface area (Å²) in [7, 11) is 3.31. The van der Waals surface area contributed by atoms with Crippen molar-refractivity contribution < 1.29 is 14.3 Å². The third-order valence-corrected chi connectivity index (χ3v) is 5.82. The number of aromatic amines is 1. The highest BCUT2D eigenvalue weighted by atomic mass is 35.5. The zero-order valence-corrected chi connectivity index (χ0v) is 18.0. The van der Waals surface area contributed by atoms with Crippen molar-refractivity contribution in [1.82, 2.24) is 15.2 Å². The number of halogens is 1. The molecule has 7 heteroatoms. The predicted octanol–water partition coefficient (Wildman–Crippen LogP) is 4.52. The highest BCUT2D eigenvalue weighted by molar-refractivity contribution is 6.31. The Balaban J connectivity index is 1.72. The van der Waals surface area contributed by atoms with E-state index in [1.54, 1.807) is 14.2 Å². The van der Waals surface area contributed by atoms with Crippen LogP contribution >= 0.6 is 11.6 Å². The van der Waals surface area contributed by atoms with Crippen LogP contribution in [0.15, 0.2) is 42.5 Å². The summed E-state index contributed by atoms with van der Waals surface area (Å²) in [6, 6.07) is 13.5. The molecule has 1 aromatic heterocycles. The summed E-state index contributed by atoms with van der Waals surface area (Å²) in [6.45, 7) is 1.82. The fraction of sp³-hybridized carbons (Fsp3) is 0.348. The molecule has 0 bridgehead atoms. The zero-order chi connectivity index (χ0) is 21.1. The Bertz CT molecular complexity index is 1030. The fourth-order valence-corrected chi connectivity index (χ4v) is 4.30. The van der Waals surface area contributed by atoms with Crippen LogP contribution in [0.4, 0.5) is 4.79 Å². The van der Waals surface area contributed by atoms with E-state index in [1.807, 2.05) is 47.4 Å². The standard InChI is InChI=1S/C23H26ClN3O3/c1-29-13-3-11-25-23(28)27-12-10-18-19-14-16(24)6-9-20(19)26-21(18)22(27)15-4-7-17(30-2)8-5-15/h4-9,14,22,26H,3,10-13H2,1-2H3,(H,25,28)/t22-/m0/s1. The molecule has 0 saturated carbocycles. The van der Waals surface area contributed by atoms with Gasteiger partial charge in [0, 0.05) is 48.4 Å². The van der Waals surface area contributed by atoms with Gasteiger partial charge >= 0.3 is 6.03 Å². The molecule has 4 rings (SSSR count). The number of aromatic nitrogens is 1. The Morgan fingerprint density at radius 3 is 2.77 bits per heavy atom. The van der Waals surface area contributed by atoms with Gasteiger partial charge in [0.15, 0.2) is 0 Å². The molecule has 0 fully saturated rings. The number of benzene rings is 2. The molecule has 3 aromatic rings. The van der Waals surface area contributed by atoms with Crippen LogP contribution in [0.1, 0.15) is 29.3 Å². The topological polar surface area (TPSA) is 66.6 Å². The normalized spacial score (nSPS) is 15.8. The van der Waals surface area contributed by atoms with Gasteiger partial charge in [0.05, 0.1) is 13.2 Å². The highest BCUT2D eigenvalue weighted by Gasteiger charge is 2.34. The third-order valence-electron chi connectivity index (χ3n) is 5.58. The number of hydrogen-bond donors (Lipinski definition) is 2. The van der Waals surface area contributed by atoms with Gasteiger partial charge in [-0.3, -0.25) is 0 Å². The van der Waals surface area contributed by atoms with Crippen molar-refractivity contribution in [2.45, 2.75) is 18.9 Å². The molecule has 0 unspecified atom stereocenters. The summed E-state index contributed by atoms with van der Waals surface area (Å²) in [4.78, 5) is 18.5. The van der Waals surface area contributed by atoms with Crippen LogP contribution in [0.25, 0.3) is 10.9 Å². The first kappa shape index (κ1) is 20.6. The van der Waals surface area contributed by atoms with E-state index in [0.29, 0.717) is 24.7 Å². The van der Waals surface area contributed by atoms with Crippen molar-refractivity contribution in [1.29, 1.82) is 0 Å². The number of H-pyrrole nitrogens is 1. The van der Waals surface area contributed by atoms with Crippen molar-refractivity contribution >= 4 is 28.5 Å². The number of ether oxygens (including phenoxy) is 2. The number of fused-ring (bicyclic) bond motifs is 3. The average Bonchev–Trinajstić information content (AvgIpc) is 3.14. The minimum absolute atomic E-state index is 0.0748. The number of amides is 2. The van der Waals surface area contributed by atoms with Gasteiger partial charge in [-0.2, -0.15) is 0 Å². The maximum atomic E-state index is 13.1. The Morgan fingerprint density at radius 1 is 1.23 bits per heavy atom.